The minimum atomic E-state index is -1.46. The Morgan fingerprint density at radius 2 is 1.78 bits per heavy atom. The molecule has 3 N–H and O–H groups in total. The number of benzene rings is 3. The fourth-order valence-electron chi connectivity index (χ4n) is 5.65. The Labute approximate surface area is 266 Å². The molecule has 1 fully saturated rings. The van der Waals surface area contributed by atoms with E-state index in [1.165, 1.54) is 30.0 Å². The predicted molar refractivity (Wildman–Crippen MR) is 169 cm³/mol. The lowest BCUT2D eigenvalue weighted by Crippen LogP contribution is -2.44. The molecule has 1 aliphatic rings. The second-order valence-electron chi connectivity index (χ2n) is 10.8. The molecule has 46 heavy (non-hydrogen) atoms. The highest BCUT2D eigenvalue weighted by Crippen LogP contribution is 2.33. The Hall–Kier alpha value is -5.36. The van der Waals surface area contributed by atoms with Gasteiger partial charge < -0.3 is 25.3 Å². The average molecular weight is 645 g/mol. The van der Waals surface area contributed by atoms with Gasteiger partial charge in [0.05, 0.1) is 24.9 Å². The molecule has 2 aromatic heterocycles. The Kier molecular flexibility index (Phi) is 8.37. The first-order valence-electron chi connectivity index (χ1n) is 14.2. The molecule has 10 nitrogen and oxygen atoms in total. The number of rotatable bonds is 8. The first-order chi connectivity index (χ1) is 22.1. The maximum atomic E-state index is 15.5. The molecule has 3 aromatic carbocycles. The van der Waals surface area contributed by atoms with Gasteiger partial charge in [0.15, 0.2) is 5.82 Å². The highest BCUT2D eigenvalue weighted by Gasteiger charge is 2.40. The Bertz CT molecular complexity index is 1980. The second-order valence-corrected chi connectivity index (χ2v) is 11.2. The number of aromatic nitrogens is 3. The van der Waals surface area contributed by atoms with Crippen LogP contribution in [0.25, 0.3) is 33.2 Å². The molecule has 234 valence electrons. The maximum absolute atomic E-state index is 15.5. The normalized spacial score (nSPS) is 16.0. The van der Waals surface area contributed by atoms with Gasteiger partial charge in [-0.25, -0.2) is 18.7 Å². The number of fused-ring (bicyclic) bond motifs is 1. The monoisotopic (exact) mass is 644 g/mol. The van der Waals surface area contributed by atoms with Crippen LogP contribution >= 0.6 is 11.6 Å². The number of amides is 3. The molecule has 6 rings (SSSR count). The van der Waals surface area contributed by atoms with Gasteiger partial charge in [-0.2, -0.15) is 0 Å². The van der Waals surface area contributed by atoms with Crippen LogP contribution in [0.5, 0.6) is 6.01 Å². The third-order valence-corrected chi connectivity index (χ3v) is 8.22. The molecule has 3 amide bonds. The third-order valence-electron chi connectivity index (χ3n) is 7.89. The topological polar surface area (TPSA) is 132 Å². The second kappa shape index (κ2) is 12.6. The fraction of sp³-hybridized carbons (Fsp3) is 0.182. The number of alkyl halides is 1. The number of methoxy groups -OCH3 is 1. The van der Waals surface area contributed by atoms with Crippen LogP contribution in [0.2, 0.25) is 5.02 Å². The van der Waals surface area contributed by atoms with Crippen molar-refractivity contribution in [3.8, 4) is 28.3 Å². The van der Waals surface area contributed by atoms with Crippen molar-refractivity contribution in [2.75, 3.05) is 19.0 Å². The summed E-state index contributed by atoms with van der Waals surface area (Å²) >= 11 is 6.25. The summed E-state index contributed by atoms with van der Waals surface area (Å²) < 4.78 is 36.7. The molecule has 1 aliphatic heterocycles. The number of nitrogens with two attached hydrogens (primary N) is 1. The Morgan fingerprint density at radius 1 is 1.04 bits per heavy atom. The lowest BCUT2D eigenvalue weighted by atomic mass is 10.0. The summed E-state index contributed by atoms with van der Waals surface area (Å²) in [6.45, 7) is -0.621. The van der Waals surface area contributed by atoms with E-state index in [0.29, 0.717) is 32.6 Å². The van der Waals surface area contributed by atoms with E-state index in [1.54, 1.807) is 60.9 Å². The zero-order chi connectivity index (χ0) is 32.5. The number of hydrogen-bond acceptors (Lipinski definition) is 6. The first-order valence-corrected chi connectivity index (χ1v) is 14.6. The zero-order valence-corrected chi connectivity index (χ0v) is 25.2. The van der Waals surface area contributed by atoms with Gasteiger partial charge in [0.2, 0.25) is 11.8 Å². The van der Waals surface area contributed by atoms with Crippen LogP contribution in [0, 0.1) is 5.82 Å². The largest absolute Gasteiger partial charge is 0.467 e. The smallest absolute Gasteiger partial charge is 0.316 e. The third kappa shape index (κ3) is 5.86. The number of nitrogens with zero attached hydrogens (tertiary/aromatic N) is 4. The Morgan fingerprint density at radius 3 is 2.50 bits per heavy atom. The van der Waals surface area contributed by atoms with Crippen molar-refractivity contribution in [1.29, 1.82) is 0 Å². The summed E-state index contributed by atoms with van der Waals surface area (Å²) in [7, 11) is 1.45. The van der Waals surface area contributed by atoms with Gasteiger partial charge >= 0.3 is 6.01 Å². The van der Waals surface area contributed by atoms with Gasteiger partial charge in [0.25, 0.3) is 5.91 Å². The number of anilines is 1. The van der Waals surface area contributed by atoms with Crippen LogP contribution in [-0.2, 0) is 16.1 Å². The van der Waals surface area contributed by atoms with E-state index in [1.807, 2.05) is 0 Å². The Balaban J connectivity index is 1.24. The standard InChI is InChI=1S/C33H27ClF2N6O4/c1-46-33-38-13-19(14-39-33)18-9-10-27-23(11-18)24(31(37)44)16-41(27)17-29(43)42-15-20(35)12-28(42)32(45)40-26-8-4-6-22(30(26)36)21-5-2-3-7-25(21)34/h2-11,13-14,16,20,28H,12,15,17H2,1H3,(H2,37,44)(H,40,45)/t20-,28+/m1/s1. The summed E-state index contributed by atoms with van der Waals surface area (Å²) in [5.74, 6) is -2.71. The number of halogens is 3. The van der Waals surface area contributed by atoms with Crippen molar-refractivity contribution in [2.45, 2.75) is 25.2 Å². The van der Waals surface area contributed by atoms with Gasteiger partial charge in [0, 0.05) is 57.6 Å². The molecule has 13 heteroatoms. The molecular formula is C33H27ClF2N6O4. The van der Waals surface area contributed by atoms with Crippen LogP contribution in [0.4, 0.5) is 14.5 Å². The van der Waals surface area contributed by atoms with Gasteiger partial charge in [-0.15, -0.1) is 0 Å². The van der Waals surface area contributed by atoms with E-state index in [0.717, 1.165) is 4.90 Å². The SMILES string of the molecule is COc1ncc(-c2ccc3c(c2)c(C(N)=O)cn3CC(=O)N2C[C@H](F)C[C@H]2C(=O)Nc2cccc(-c3ccccc3Cl)c2F)cn1. The van der Waals surface area contributed by atoms with E-state index in [9.17, 15) is 18.8 Å². The van der Waals surface area contributed by atoms with Gasteiger partial charge in [-0.05, 0) is 29.8 Å². The molecule has 0 bridgehead atoms. The van der Waals surface area contributed by atoms with E-state index < -0.39 is 35.8 Å². The number of ether oxygens (including phenoxy) is 1. The summed E-state index contributed by atoms with van der Waals surface area (Å²) in [6.07, 6.45) is 2.88. The van der Waals surface area contributed by atoms with Crippen LogP contribution in [-0.4, -0.2) is 63.0 Å². The van der Waals surface area contributed by atoms with Crippen LogP contribution in [0.15, 0.2) is 79.3 Å². The molecular weight excluding hydrogens is 618 g/mol. The maximum Gasteiger partial charge on any atom is 0.316 e. The summed E-state index contributed by atoms with van der Waals surface area (Å²) in [5.41, 5.74) is 8.22. The molecule has 0 radical (unpaired) electrons. The number of nitrogens with one attached hydrogen (secondary N) is 1. The minimum Gasteiger partial charge on any atom is -0.467 e. The predicted octanol–water partition coefficient (Wildman–Crippen LogP) is 5.24. The zero-order valence-electron chi connectivity index (χ0n) is 24.4. The molecule has 0 unspecified atom stereocenters. The van der Waals surface area contributed by atoms with Crippen molar-refractivity contribution in [3.05, 3.63) is 95.7 Å². The van der Waals surface area contributed by atoms with Gasteiger partial charge in [0.1, 0.15) is 18.8 Å². The summed E-state index contributed by atoms with van der Waals surface area (Å²) in [4.78, 5) is 48.6. The molecule has 5 aromatic rings. The highest BCUT2D eigenvalue weighted by molar-refractivity contribution is 6.33. The molecule has 0 saturated carbocycles. The fourth-order valence-corrected chi connectivity index (χ4v) is 5.89. The van der Waals surface area contributed by atoms with Gasteiger partial charge in [-0.1, -0.05) is 48.0 Å². The lowest BCUT2D eigenvalue weighted by Gasteiger charge is -2.24. The van der Waals surface area contributed by atoms with Crippen molar-refractivity contribution < 1.29 is 27.9 Å². The molecule has 0 aliphatic carbocycles. The lowest BCUT2D eigenvalue weighted by molar-refractivity contribution is -0.137. The summed E-state index contributed by atoms with van der Waals surface area (Å²) in [6, 6.07) is 15.4. The van der Waals surface area contributed by atoms with Crippen molar-refractivity contribution >= 4 is 45.9 Å². The molecule has 1 saturated heterocycles. The average Bonchev–Trinajstić information content (AvgIpc) is 3.63. The number of carbonyl (C=O) groups is 3. The van der Waals surface area contributed by atoms with E-state index >= 15 is 4.39 Å². The summed E-state index contributed by atoms with van der Waals surface area (Å²) in [5, 5.41) is 3.35. The molecule has 0 spiro atoms. The minimum absolute atomic E-state index is 0.127. The number of hydrogen-bond donors (Lipinski definition) is 2. The van der Waals surface area contributed by atoms with Crippen LogP contribution < -0.4 is 15.8 Å². The number of carbonyl (C=O) groups excluding carboxylic acids is 3. The van der Waals surface area contributed by atoms with Crippen molar-refractivity contribution in [2.24, 2.45) is 5.73 Å². The number of primary amides is 1. The number of likely N-dealkylation sites (tertiary alicyclic amines) is 1. The molecule has 3 heterocycles. The van der Waals surface area contributed by atoms with Crippen LogP contribution in [0.3, 0.4) is 0 Å². The van der Waals surface area contributed by atoms with E-state index in [-0.39, 0.29) is 42.3 Å². The van der Waals surface area contributed by atoms with E-state index in [4.69, 9.17) is 22.1 Å². The highest BCUT2D eigenvalue weighted by atomic mass is 35.5. The van der Waals surface area contributed by atoms with E-state index in [2.05, 4.69) is 15.3 Å². The quantitative estimate of drug-likeness (QED) is 0.237. The molecule has 2 atom stereocenters. The van der Waals surface area contributed by atoms with Crippen molar-refractivity contribution in [1.82, 2.24) is 19.4 Å². The van der Waals surface area contributed by atoms with Crippen LogP contribution in [0.1, 0.15) is 16.8 Å². The van der Waals surface area contributed by atoms with Crippen molar-refractivity contribution in [3.63, 3.8) is 0 Å². The first kappa shape index (κ1) is 30.7. The van der Waals surface area contributed by atoms with Gasteiger partial charge in [-0.3, -0.25) is 14.4 Å².